The maximum atomic E-state index is 6.26. The molecule has 2 rings (SSSR count). The second-order valence-electron chi connectivity index (χ2n) is 5.73. The summed E-state index contributed by atoms with van der Waals surface area (Å²) >= 11 is 0. The topological polar surface area (TPSA) is 21.3 Å². The lowest BCUT2D eigenvalue weighted by Gasteiger charge is -2.32. The van der Waals surface area contributed by atoms with Crippen LogP contribution in [-0.4, -0.2) is 19.2 Å². The van der Waals surface area contributed by atoms with Gasteiger partial charge in [-0.15, -0.1) is 0 Å². The lowest BCUT2D eigenvalue weighted by Crippen LogP contribution is -2.40. The van der Waals surface area contributed by atoms with Crippen molar-refractivity contribution in [3.63, 3.8) is 0 Å². The van der Waals surface area contributed by atoms with Crippen molar-refractivity contribution in [2.75, 3.05) is 13.2 Å². The van der Waals surface area contributed by atoms with Crippen LogP contribution in [0.3, 0.4) is 0 Å². The maximum Gasteiger partial charge on any atom is 0.0977 e. The van der Waals surface area contributed by atoms with Gasteiger partial charge >= 0.3 is 0 Å². The van der Waals surface area contributed by atoms with E-state index in [1.54, 1.807) is 0 Å². The monoisotopic (exact) mass is 261 g/mol. The number of hydrogen-bond donors (Lipinski definition) is 1. The molecular weight excluding hydrogens is 234 g/mol. The molecule has 1 saturated heterocycles. The molecule has 0 saturated carbocycles. The van der Waals surface area contributed by atoms with Crippen molar-refractivity contribution in [1.82, 2.24) is 5.32 Å². The van der Waals surface area contributed by atoms with Gasteiger partial charge in [-0.3, -0.25) is 0 Å². The molecule has 2 nitrogen and oxygen atoms in total. The Morgan fingerprint density at radius 3 is 2.68 bits per heavy atom. The zero-order valence-electron chi connectivity index (χ0n) is 12.3. The molecular formula is C17H27NO. The van der Waals surface area contributed by atoms with Gasteiger partial charge in [0.25, 0.3) is 0 Å². The largest absolute Gasteiger partial charge is 0.372 e. The molecule has 1 aromatic rings. The molecule has 1 N–H and O–H groups in total. The van der Waals surface area contributed by atoms with Crippen molar-refractivity contribution >= 4 is 0 Å². The molecule has 0 bridgehead atoms. The Morgan fingerprint density at radius 1 is 1.26 bits per heavy atom. The van der Waals surface area contributed by atoms with Crippen molar-refractivity contribution in [2.45, 2.75) is 51.7 Å². The average molecular weight is 261 g/mol. The summed E-state index contributed by atoms with van der Waals surface area (Å²) < 4.78 is 6.26. The third-order valence-electron chi connectivity index (χ3n) is 4.10. The van der Waals surface area contributed by atoms with E-state index in [0.29, 0.717) is 12.0 Å². The van der Waals surface area contributed by atoms with E-state index >= 15 is 0 Å². The fourth-order valence-electron chi connectivity index (χ4n) is 2.61. The fraction of sp³-hybridized carbons (Fsp3) is 0.647. The first kappa shape index (κ1) is 14.5. The van der Waals surface area contributed by atoms with Gasteiger partial charge < -0.3 is 10.1 Å². The summed E-state index contributed by atoms with van der Waals surface area (Å²) in [6.07, 6.45) is 5.21. The molecule has 1 aliphatic heterocycles. The first-order chi connectivity index (χ1) is 9.31. The molecule has 19 heavy (non-hydrogen) atoms. The smallest absolute Gasteiger partial charge is 0.0977 e. The highest BCUT2D eigenvalue weighted by Crippen LogP contribution is 2.27. The van der Waals surface area contributed by atoms with Gasteiger partial charge in [-0.05, 0) is 30.9 Å². The third-order valence-corrected chi connectivity index (χ3v) is 4.10. The SMILES string of the molecule is CCC(C)COC(c1ccccc1)C1CCCCN1. The van der Waals surface area contributed by atoms with Gasteiger partial charge in [-0.1, -0.05) is 57.0 Å². The van der Waals surface area contributed by atoms with Gasteiger partial charge in [-0.25, -0.2) is 0 Å². The molecule has 106 valence electrons. The maximum absolute atomic E-state index is 6.26. The summed E-state index contributed by atoms with van der Waals surface area (Å²) in [4.78, 5) is 0. The molecule has 0 spiro atoms. The zero-order valence-corrected chi connectivity index (χ0v) is 12.3. The molecule has 0 aliphatic carbocycles. The first-order valence-corrected chi connectivity index (χ1v) is 7.71. The predicted octanol–water partition coefficient (Wildman–Crippen LogP) is 3.93. The molecule has 0 radical (unpaired) electrons. The van der Waals surface area contributed by atoms with Crippen LogP contribution in [0.4, 0.5) is 0 Å². The van der Waals surface area contributed by atoms with Crippen molar-refractivity contribution in [1.29, 1.82) is 0 Å². The van der Waals surface area contributed by atoms with Gasteiger partial charge in [0.05, 0.1) is 12.7 Å². The summed E-state index contributed by atoms with van der Waals surface area (Å²) in [6.45, 7) is 6.47. The first-order valence-electron chi connectivity index (χ1n) is 7.71. The van der Waals surface area contributed by atoms with Crippen molar-refractivity contribution in [3.05, 3.63) is 35.9 Å². The number of rotatable bonds is 6. The van der Waals surface area contributed by atoms with Crippen LogP contribution >= 0.6 is 0 Å². The molecule has 1 aromatic carbocycles. The Bertz CT molecular complexity index is 346. The van der Waals surface area contributed by atoms with Crippen LogP contribution in [0.25, 0.3) is 0 Å². The molecule has 0 amide bonds. The predicted molar refractivity (Wildman–Crippen MR) is 80.2 cm³/mol. The summed E-state index contributed by atoms with van der Waals surface area (Å²) in [5.41, 5.74) is 1.31. The fourth-order valence-corrected chi connectivity index (χ4v) is 2.61. The Balaban J connectivity index is 2.04. The van der Waals surface area contributed by atoms with E-state index < -0.39 is 0 Å². The molecule has 3 unspecified atom stereocenters. The molecule has 0 aromatic heterocycles. The quantitative estimate of drug-likeness (QED) is 0.837. The van der Waals surface area contributed by atoms with Crippen LogP contribution in [0.15, 0.2) is 30.3 Å². The highest BCUT2D eigenvalue weighted by Gasteiger charge is 2.25. The van der Waals surface area contributed by atoms with Crippen molar-refractivity contribution < 1.29 is 4.74 Å². The Labute approximate surface area is 117 Å². The normalized spacial score (nSPS) is 22.9. The van der Waals surface area contributed by atoms with Crippen LogP contribution < -0.4 is 5.32 Å². The van der Waals surface area contributed by atoms with E-state index in [2.05, 4.69) is 49.5 Å². The molecule has 3 atom stereocenters. The van der Waals surface area contributed by atoms with E-state index in [1.807, 2.05) is 0 Å². The van der Waals surface area contributed by atoms with E-state index in [9.17, 15) is 0 Å². The minimum Gasteiger partial charge on any atom is -0.372 e. The van der Waals surface area contributed by atoms with Crippen molar-refractivity contribution in [2.24, 2.45) is 5.92 Å². The van der Waals surface area contributed by atoms with Gasteiger partial charge in [0.2, 0.25) is 0 Å². The minimum atomic E-state index is 0.204. The van der Waals surface area contributed by atoms with Crippen molar-refractivity contribution in [3.8, 4) is 0 Å². The summed E-state index contributed by atoms with van der Waals surface area (Å²) in [7, 11) is 0. The molecule has 1 fully saturated rings. The van der Waals surface area contributed by atoms with E-state index in [4.69, 9.17) is 4.74 Å². The van der Waals surface area contributed by atoms with E-state index in [1.165, 1.54) is 31.2 Å². The second-order valence-corrected chi connectivity index (χ2v) is 5.73. The number of ether oxygens (including phenoxy) is 1. The van der Waals surface area contributed by atoms with Crippen LogP contribution in [0, 0.1) is 5.92 Å². The molecule has 1 aliphatic rings. The Kier molecular flexibility index (Phi) is 5.87. The van der Waals surface area contributed by atoms with Crippen LogP contribution in [0.1, 0.15) is 51.2 Å². The highest BCUT2D eigenvalue weighted by atomic mass is 16.5. The van der Waals surface area contributed by atoms with Crippen LogP contribution in [-0.2, 0) is 4.74 Å². The minimum absolute atomic E-state index is 0.204. The number of hydrogen-bond acceptors (Lipinski definition) is 2. The summed E-state index contributed by atoms with van der Waals surface area (Å²) in [5.74, 6) is 0.634. The standard InChI is InChI=1S/C17H27NO/c1-3-14(2)13-19-17(15-9-5-4-6-10-15)16-11-7-8-12-18-16/h4-6,9-10,14,16-18H,3,7-8,11-13H2,1-2H3. The second kappa shape index (κ2) is 7.66. The summed E-state index contributed by atoms with van der Waals surface area (Å²) in [6, 6.07) is 11.1. The van der Waals surface area contributed by atoms with Gasteiger partial charge in [0.15, 0.2) is 0 Å². The zero-order chi connectivity index (χ0) is 13.5. The summed E-state index contributed by atoms with van der Waals surface area (Å²) in [5, 5.41) is 3.63. The molecule has 1 heterocycles. The Hall–Kier alpha value is -0.860. The van der Waals surface area contributed by atoms with E-state index in [-0.39, 0.29) is 6.10 Å². The highest BCUT2D eigenvalue weighted by molar-refractivity contribution is 5.19. The number of piperidine rings is 1. The Morgan fingerprint density at radius 2 is 2.05 bits per heavy atom. The van der Waals surface area contributed by atoms with Gasteiger partial charge in [-0.2, -0.15) is 0 Å². The van der Waals surface area contributed by atoms with E-state index in [0.717, 1.165) is 13.2 Å². The lowest BCUT2D eigenvalue weighted by molar-refractivity contribution is 0.000828. The third kappa shape index (κ3) is 4.32. The molecule has 2 heteroatoms. The average Bonchev–Trinajstić information content (AvgIpc) is 2.49. The van der Waals surface area contributed by atoms with Crippen LogP contribution in [0.2, 0.25) is 0 Å². The van der Waals surface area contributed by atoms with Gasteiger partial charge in [0, 0.05) is 6.04 Å². The van der Waals surface area contributed by atoms with Crippen LogP contribution in [0.5, 0.6) is 0 Å². The number of benzene rings is 1. The number of nitrogens with one attached hydrogen (secondary N) is 1. The van der Waals surface area contributed by atoms with Gasteiger partial charge in [0.1, 0.15) is 0 Å². The lowest BCUT2D eigenvalue weighted by atomic mass is 9.94.